The molecule has 1 rings (SSSR count). The third-order valence-electron chi connectivity index (χ3n) is 2.89. The minimum Gasteiger partial charge on any atom is -0.375 e. The van der Waals surface area contributed by atoms with Crippen molar-refractivity contribution in [2.24, 2.45) is 0 Å². The van der Waals surface area contributed by atoms with Gasteiger partial charge in [0.25, 0.3) is 0 Å². The maximum Gasteiger partial charge on any atom is 0.239 e. The van der Waals surface area contributed by atoms with Gasteiger partial charge in [-0.2, -0.15) is 5.26 Å². The summed E-state index contributed by atoms with van der Waals surface area (Å²) in [4.78, 5) is 11.7. The van der Waals surface area contributed by atoms with Crippen LogP contribution >= 0.6 is 15.9 Å². The zero-order chi connectivity index (χ0) is 14.3. The number of hydrogen-bond acceptors (Lipinski definition) is 3. The van der Waals surface area contributed by atoms with E-state index in [-0.39, 0.29) is 18.5 Å². The number of hydrogen-bond donors (Lipinski definition) is 2. The average Bonchev–Trinajstić information content (AvgIpc) is 2.43. The molecule has 1 aromatic rings. The molecule has 0 heterocycles. The van der Waals surface area contributed by atoms with Crippen molar-refractivity contribution in [3.8, 4) is 6.07 Å². The topological polar surface area (TPSA) is 64.9 Å². The molecule has 19 heavy (non-hydrogen) atoms. The van der Waals surface area contributed by atoms with E-state index in [0.717, 1.165) is 17.3 Å². The summed E-state index contributed by atoms with van der Waals surface area (Å²) in [6.07, 6.45) is 1.84. The summed E-state index contributed by atoms with van der Waals surface area (Å²) in [6, 6.07) is 7.66. The van der Waals surface area contributed by atoms with E-state index >= 15 is 0 Å². The molecule has 0 saturated heterocycles. The third-order valence-corrected chi connectivity index (χ3v) is 3.39. The number of nitrogens with zero attached hydrogens (tertiary/aromatic N) is 1. The molecular weight excluding hydrogens is 306 g/mol. The smallest absolute Gasteiger partial charge is 0.239 e. The highest BCUT2D eigenvalue weighted by Crippen LogP contribution is 2.19. The molecule has 5 heteroatoms. The normalized spacial score (nSPS) is 10.1. The number of halogens is 1. The Morgan fingerprint density at radius 1 is 1.42 bits per heavy atom. The van der Waals surface area contributed by atoms with E-state index in [1.165, 1.54) is 0 Å². The molecule has 4 nitrogen and oxygen atoms in total. The summed E-state index contributed by atoms with van der Waals surface area (Å²) in [5, 5.41) is 14.9. The van der Waals surface area contributed by atoms with Crippen LogP contribution in [0.25, 0.3) is 0 Å². The SMILES string of the molecule is CCC(CC)NC(=O)CNc1ccc(Br)cc1C#N. The van der Waals surface area contributed by atoms with Gasteiger partial charge in [0.05, 0.1) is 17.8 Å². The van der Waals surface area contributed by atoms with Crippen molar-refractivity contribution in [1.82, 2.24) is 5.32 Å². The molecule has 1 aromatic carbocycles. The molecule has 0 aromatic heterocycles. The molecule has 0 bridgehead atoms. The molecular formula is C14H18BrN3O. The molecule has 0 atom stereocenters. The van der Waals surface area contributed by atoms with Gasteiger partial charge in [0.15, 0.2) is 0 Å². The Morgan fingerprint density at radius 3 is 2.68 bits per heavy atom. The highest BCUT2D eigenvalue weighted by molar-refractivity contribution is 9.10. The van der Waals surface area contributed by atoms with Crippen LogP contribution in [0.15, 0.2) is 22.7 Å². The Bertz CT molecular complexity index is 478. The monoisotopic (exact) mass is 323 g/mol. The fraction of sp³-hybridized carbons (Fsp3) is 0.429. The Hall–Kier alpha value is -1.54. The van der Waals surface area contributed by atoms with Crippen molar-refractivity contribution in [2.45, 2.75) is 32.7 Å². The van der Waals surface area contributed by atoms with Crippen LogP contribution in [-0.4, -0.2) is 18.5 Å². The molecule has 0 aliphatic rings. The molecule has 0 aliphatic heterocycles. The van der Waals surface area contributed by atoms with E-state index in [2.05, 4.69) is 32.6 Å². The van der Waals surface area contributed by atoms with Gasteiger partial charge in [0.1, 0.15) is 6.07 Å². The highest BCUT2D eigenvalue weighted by Gasteiger charge is 2.09. The Kier molecular flexibility index (Phi) is 6.37. The zero-order valence-electron chi connectivity index (χ0n) is 11.2. The first kappa shape index (κ1) is 15.5. The number of anilines is 1. The Morgan fingerprint density at radius 2 is 2.11 bits per heavy atom. The van der Waals surface area contributed by atoms with Crippen molar-refractivity contribution >= 4 is 27.5 Å². The summed E-state index contributed by atoms with van der Waals surface area (Å²) in [6.45, 7) is 4.27. The summed E-state index contributed by atoms with van der Waals surface area (Å²) < 4.78 is 0.844. The summed E-state index contributed by atoms with van der Waals surface area (Å²) in [7, 11) is 0. The van der Waals surface area contributed by atoms with Crippen LogP contribution in [0.1, 0.15) is 32.3 Å². The van der Waals surface area contributed by atoms with E-state index < -0.39 is 0 Å². The second-order valence-corrected chi connectivity index (χ2v) is 5.15. The molecule has 0 spiro atoms. The van der Waals surface area contributed by atoms with Gasteiger partial charge in [-0.05, 0) is 31.0 Å². The highest BCUT2D eigenvalue weighted by atomic mass is 79.9. The largest absolute Gasteiger partial charge is 0.375 e. The van der Waals surface area contributed by atoms with Crippen molar-refractivity contribution < 1.29 is 4.79 Å². The van der Waals surface area contributed by atoms with Gasteiger partial charge < -0.3 is 10.6 Å². The summed E-state index contributed by atoms with van der Waals surface area (Å²) in [5.41, 5.74) is 1.19. The number of nitrogens with one attached hydrogen (secondary N) is 2. The first-order valence-electron chi connectivity index (χ1n) is 6.33. The lowest BCUT2D eigenvalue weighted by Crippen LogP contribution is -2.37. The van der Waals surface area contributed by atoms with Crippen LogP contribution in [0.2, 0.25) is 0 Å². The number of nitriles is 1. The van der Waals surface area contributed by atoms with Crippen LogP contribution < -0.4 is 10.6 Å². The van der Waals surface area contributed by atoms with Crippen LogP contribution in [0, 0.1) is 11.3 Å². The van der Waals surface area contributed by atoms with Gasteiger partial charge >= 0.3 is 0 Å². The minimum atomic E-state index is -0.0551. The predicted molar refractivity (Wildman–Crippen MR) is 79.9 cm³/mol. The third kappa shape index (κ3) is 4.92. The molecule has 0 aliphatic carbocycles. The first-order valence-corrected chi connectivity index (χ1v) is 7.12. The fourth-order valence-electron chi connectivity index (χ4n) is 1.71. The van der Waals surface area contributed by atoms with Crippen LogP contribution in [0.5, 0.6) is 0 Å². The number of rotatable bonds is 6. The van der Waals surface area contributed by atoms with Crippen LogP contribution in [0.3, 0.4) is 0 Å². The molecule has 0 radical (unpaired) electrons. The molecule has 102 valence electrons. The maximum atomic E-state index is 11.7. The standard InChI is InChI=1S/C14H18BrN3O/c1-3-12(4-2)18-14(19)9-17-13-6-5-11(15)7-10(13)8-16/h5-7,12,17H,3-4,9H2,1-2H3,(H,18,19). The van der Waals surface area contributed by atoms with Gasteiger partial charge in [-0.3, -0.25) is 4.79 Å². The van der Waals surface area contributed by atoms with Crippen LogP contribution in [-0.2, 0) is 4.79 Å². The molecule has 1 amide bonds. The molecule has 0 unspecified atom stereocenters. The molecule has 0 saturated carbocycles. The fourth-order valence-corrected chi connectivity index (χ4v) is 2.07. The van der Waals surface area contributed by atoms with Crippen molar-refractivity contribution in [2.75, 3.05) is 11.9 Å². The number of amides is 1. The molecule has 2 N–H and O–H groups in total. The van der Waals surface area contributed by atoms with Gasteiger partial charge in [0.2, 0.25) is 5.91 Å². The second-order valence-electron chi connectivity index (χ2n) is 4.24. The van der Waals surface area contributed by atoms with Gasteiger partial charge in [-0.25, -0.2) is 0 Å². The average molecular weight is 324 g/mol. The minimum absolute atomic E-state index is 0.0551. The number of carbonyl (C=O) groups is 1. The van der Waals surface area contributed by atoms with Crippen molar-refractivity contribution in [3.05, 3.63) is 28.2 Å². The molecule has 0 fully saturated rings. The lowest BCUT2D eigenvalue weighted by Gasteiger charge is -2.15. The zero-order valence-corrected chi connectivity index (χ0v) is 12.8. The van der Waals surface area contributed by atoms with E-state index in [1.807, 2.05) is 19.9 Å². The maximum absolute atomic E-state index is 11.7. The summed E-state index contributed by atoms with van der Waals surface area (Å²) in [5.74, 6) is -0.0551. The van der Waals surface area contributed by atoms with Crippen molar-refractivity contribution in [3.63, 3.8) is 0 Å². The number of benzene rings is 1. The van der Waals surface area contributed by atoms with E-state index in [1.54, 1.807) is 12.1 Å². The quantitative estimate of drug-likeness (QED) is 0.845. The van der Waals surface area contributed by atoms with Gasteiger partial charge in [-0.15, -0.1) is 0 Å². The lowest BCUT2D eigenvalue weighted by molar-refractivity contribution is -0.120. The summed E-state index contributed by atoms with van der Waals surface area (Å²) >= 11 is 3.31. The predicted octanol–water partition coefficient (Wildman–Crippen LogP) is 3.04. The van der Waals surface area contributed by atoms with Crippen molar-refractivity contribution in [1.29, 1.82) is 5.26 Å². The Balaban J connectivity index is 2.58. The van der Waals surface area contributed by atoms with E-state index in [9.17, 15) is 4.79 Å². The second kappa shape index (κ2) is 7.80. The van der Waals surface area contributed by atoms with Gasteiger partial charge in [-0.1, -0.05) is 29.8 Å². The van der Waals surface area contributed by atoms with E-state index in [4.69, 9.17) is 5.26 Å². The lowest BCUT2D eigenvalue weighted by atomic mass is 10.1. The number of carbonyl (C=O) groups excluding carboxylic acids is 1. The van der Waals surface area contributed by atoms with Crippen LogP contribution in [0.4, 0.5) is 5.69 Å². The Labute approximate surface area is 122 Å². The van der Waals surface area contributed by atoms with E-state index in [0.29, 0.717) is 11.3 Å². The van der Waals surface area contributed by atoms with Gasteiger partial charge in [0, 0.05) is 10.5 Å². The first-order chi connectivity index (χ1) is 9.10.